The zero-order valence-electron chi connectivity index (χ0n) is 26.8. The number of ether oxygens (including phenoxy) is 2. The molecule has 3 aromatic rings. The van der Waals surface area contributed by atoms with Gasteiger partial charge < -0.3 is 27.0 Å². The number of carboxylic acid groups (broad SMARTS) is 1. The molecule has 0 spiro atoms. The van der Waals surface area contributed by atoms with E-state index in [2.05, 4.69) is 49.9 Å². The number of benzene rings is 2. The Morgan fingerprint density at radius 1 is 1.09 bits per heavy atom. The van der Waals surface area contributed by atoms with Gasteiger partial charge in [-0.2, -0.15) is 19.2 Å². The molecule has 1 N–H and O–H groups in total. The molecule has 0 amide bonds. The maximum atomic E-state index is 11.1. The number of halogens is 5. The van der Waals surface area contributed by atoms with E-state index in [4.69, 9.17) is 34.4 Å². The SMILES string of the molecule is C=Cc1cccc2c1CCO2.CC(=O)c1cccc2c1CCO2.CC(C(=O)O)n1cc[n+](C)c1.I[I-]I.O=C=O.O=C=O.[3H][I-]C.[Cl-].[V]. The number of fused-ring (bicyclic) bond motifs is 2. The van der Waals surface area contributed by atoms with Crippen molar-refractivity contribution in [2.75, 3.05) is 18.1 Å². The maximum Gasteiger partial charge on any atom is 0 e. The van der Waals surface area contributed by atoms with Crippen LogP contribution >= 0.6 is 37.2 Å². The van der Waals surface area contributed by atoms with Crippen molar-refractivity contribution >= 4 is 67.4 Å². The Labute approximate surface area is 336 Å². The minimum Gasteiger partial charge on any atom is -1.00 e. The molecular weight excluding hydrogens is 1130 g/mol. The Balaban J connectivity index is -0.000000255. The standard InChI is InChI=1S/C10H10O2.C10H10O.C7H10N2O2.CH4I.2CO2.ClH.I3.V/c1-7(11)8-3-2-4-10-9(8)5-6-12-10;1-2-8-4-3-5-10-9(8)6-7-11-10;1-6(7(10)11)9-4-3-8(2)5-9;1-2;2*2-1-3;;1-3-2;/h2-4H,5-6H2,1H3;2-5H,1,6-7H2;3-6H,1-2H3;2H,1H3;;;1H;;/q;;;-1;;;;-1;/i;;;2T;;;;;. The molecule has 1 aromatic heterocycles. The summed E-state index contributed by atoms with van der Waals surface area (Å²) in [4.78, 5) is 56.0. The summed E-state index contributed by atoms with van der Waals surface area (Å²) in [6.07, 6.45) is 9.55. The van der Waals surface area contributed by atoms with E-state index in [1.165, 1.54) is 11.1 Å². The zero-order chi connectivity index (χ0) is 35.5. The van der Waals surface area contributed by atoms with Crippen LogP contribution in [0.15, 0.2) is 61.7 Å². The zero-order valence-corrected chi connectivity index (χ0v) is 36.6. The normalized spacial score (nSPS) is 11.1. The van der Waals surface area contributed by atoms with Crippen LogP contribution in [0.25, 0.3) is 6.08 Å². The van der Waals surface area contributed by atoms with Crippen LogP contribution < -0.4 is 62.1 Å². The molecule has 0 fully saturated rings. The molecule has 0 saturated carbocycles. The molecule has 0 bridgehead atoms. The van der Waals surface area contributed by atoms with E-state index in [0.29, 0.717) is 19.9 Å². The molecule has 5 rings (SSSR count). The number of Topliss-reactive ketones (excluding diaryl/α,β-unsaturated/α-hetero) is 1. The third kappa shape index (κ3) is 21.4. The van der Waals surface area contributed by atoms with Crippen molar-refractivity contribution in [1.82, 2.24) is 4.57 Å². The second kappa shape index (κ2) is 33.2. The molecule has 0 saturated heterocycles. The van der Waals surface area contributed by atoms with E-state index in [1.54, 1.807) is 41.7 Å². The number of aliphatic carboxylic acids is 1. The third-order valence-corrected chi connectivity index (χ3v) is 5.71. The van der Waals surface area contributed by atoms with Crippen LogP contribution in [-0.4, -0.2) is 52.5 Å². The van der Waals surface area contributed by atoms with Gasteiger partial charge in [0.25, 0.3) is 0 Å². The van der Waals surface area contributed by atoms with Gasteiger partial charge in [0.15, 0.2) is 11.8 Å². The molecule has 2 aliphatic heterocycles. The van der Waals surface area contributed by atoms with Crippen molar-refractivity contribution < 1.29 is 115 Å². The summed E-state index contributed by atoms with van der Waals surface area (Å²) in [6.45, 7) is 8.51. The molecule has 11 nitrogen and oxygen atoms in total. The molecule has 261 valence electrons. The second-order valence-corrected chi connectivity index (χ2v) is 24.6. The summed E-state index contributed by atoms with van der Waals surface area (Å²) in [5, 5.41) is 8.61. The number of carbonyl (C=O) groups is 2. The Hall–Kier alpha value is -1.32. The van der Waals surface area contributed by atoms with Crippen molar-refractivity contribution in [3.63, 3.8) is 0 Å². The van der Waals surface area contributed by atoms with Gasteiger partial charge in [-0.05, 0) is 31.5 Å². The molecule has 1 radical (unpaired) electrons. The largest absolute Gasteiger partial charge is 1.00 e. The average Bonchev–Trinajstić information content (AvgIpc) is 3.79. The van der Waals surface area contributed by atoms with Gasteiger partial charge in [-0.25, -0.2) is 13.9 Å². The number of imidazole rings is 1. The van der Waals surface area contributed by atoms with E-state index in [1.807, 2.05) is 48.4 Å². The second-order valence-electron chi connectivity index (χ2n) is 8.32. The van der Waals surface area contributed by atoms with Gasteiger partial charge in [0.1, 0.15) is 23.9 Å². The van der Waals surface area contributed by atoms with Crippen LogP contribution in [-0.2, 0) is 62.4 Å². The van der Waals surface area contributed by atoms with Crippen molar-refractivity contribution in [3.8, 4) is 11.5 Å². The number of ketones is 1. The average molecular weight is 1160 g/mol. The molecule has 1 unspecified atom stereocenters. The third-order valence-electron chi connectivity index (χ3n) is 5.71. The summed E-state index contributed by atoms with van der Waals surface area (Å²) in [5.74, 6) is 1.21. The molecule has 17 heteroatoms. The Morgan fingerprint density at radius 2 is 1.53 bits per heavy atom. The summed E-state index contributed by atoms with van der Waals surface area (Å²) >= 11 is 5.14. The van der Waals surface area contributed by atoms with Gasteiger partial charge in [-0.3, -0.25) is 4.79 Å². The first kappa shape index (κ1) is 50.1. The number of aromatic nitrogens is 2. The van der Waals surface area contributed by atoms with Crippen LogP contribution in [0.4, 0.5) is 0 Å². The molecule has 1 atom stereocenters. The Morgan fingerprint density at radius 3 is 1.94 bits per heavy atom. The first-order chi connectivity index (χ1) is 22.0. The number of hydrogen-bond donors (Lipinski definition) is 1. The number of hydrogen-bond acceptors (Lipinski definition) is 8. The Kier molecular flexibility index (Phi) is 35.4. The monoisotopic (exact) mass is 1160 g/mol. The van der Waals surface area contributed by atoms with E-state index < -0.39 is 12.0 Å². The topological polar surface area (TPSA) is 150 Å². The summed E-state index contributed by atoms with van der Waals surface area (Å²) < 4.78 is 20.5. The summed E-state index contributed by atoms with van der Waals surface area (Å²) in [6, 6.07) is 11.2. The molecule has 2 aliphatic rings. The fraction of sp³-hybridized carbons (Fsp3) is 0.300. The first-order valence-corrected chi connectivity index (χ1v) is 27.4. The molecule has 2 aromatic carbocycles. The number of alkyl halides is 1. The van der Waals surface area contributed by atoms with Gasteiger partial charge >= 0.3 is 96.7 Å². The maximum absolute atomic E-state index is 11.1. The van der Waals surface area contributed by atoms with Crippen molar-refractivity contribution in [2.24, 2.45) is 7.05 Å². The minimum absolute atomic E-state index is 0. The van der Waals surface area contributed by atoms with Gasteiger partial charge in [-0.15, -0.1) is 0 Å². The van der Waals surface area contributed by atoms with Crippen LogP contribution in [0.3, 0.4) is 0 Å². The fourth-order valence-electron chi connectivity index (χ4n) is 3.82. The van der Waals surface area contributed by atoms with Gasteiger partial charge in [-0.1, -0.05) is 36.9 Å². The van der Waals surface area contributed by atoms with E-state index in [9.17, 15) is 9.59 Å². The number of carbonyl (C=O) groups excluding carboxylic acids is 5. The molecule has 0 aliphatic carbocycles. The minimum atomic E-state index is -0.818. The van der Waals surface area contributed by atoms with Crippen LogP contribution in [0.1, 0.15) is 46.9 Å². The van der Waals surface area contributed by atoms with E-state index >= 15 is 0 Å². The molecule has 47 heavy (non-hydrogen) atoms. The van der Waals surface area contributed by atoms with Crippen molar-refractivity contribution in [3.05, 3.63) is 84.0 Å². The smallest absolute Gasteiger partial charge is 0 e. The van der Waals surface area contributed by atoms with Gasteiger partial charge in [0.2, 0.25) is 6.33 Å². The fourth-order valence-corrected chi connectivity index (χ4v) is 3.82. The quantitative estimate of drug-likeness (QED) is 0.118. The summed E-state index contributed by atoms with van der Waals surface area (Å²) in [5.41, 5.74) is 4.40. The van der Waals surface area contributed by atoms with Gasteiger partial charge in [0, 0.05) is 48.1 Å². The van der Waals surface area contributed by atoms with E-state index in [0.717, 1.165) is 42.1 Å². The number of nitrogens with zero attached hydrogens (tertiary/aromatic N) is 2. The molecular formula is C30H35ClI4N2O9V-2. The van der Waals surface area contributed by atoms with Crippen molar-refractivity contribution in [1.29, 1.82) is 0.594 Å². The van der Waals surface area contributed by atoms with E-state index in [-0.39, 0.29) is 71.4 Å². The number of aryl methyl sites for hydroxylation is 1. The van der Waals surface area contributed by atoms with Crippen LogP contribution in [0.5, 0.6) is 11.5 Å². The van der Waals surface area contributed by atoms with Crippen LogP contribution in [0.2, 0.25) is 0 Å². The number of rotatable bonds is 4. The van der Waals surface area contributed by atoms with Crippen molar-refractivity contribution in [2.45, 2.75) is 32.7 Å². The van der Waals surface area contributed by atoms with Crippen LogP contribution in [0, 0.1) is 0 Å². The first-order valence-electron chi connectivity index (χ1n) is 13.1. The predicted octanol–water partition coefficient (Wildman–Crippen LogP) is -4.44. The number of carboxylic acids is 1. The predicted molar refractivity (Wildman–Crippen MR) is 175 cm³/mol. The molecule has 3 heterocycles. The van der Waals surface area contributed by atoms with Gasteiger partial charge in [0.05, 0.1) is 20.3 Å². The summed E-state index contributed by atoms with van der Waals surface area (Å²) in [7, 11) is 1.85. The Bertz CT molecular complexity index is 1430.